The highest BCUT2D eigenvalue weighted by molar-refractivity contribution is 6.30. The van der Waals surface area contributed by atoms with Gasteiger partial charge in [-0.3, -0.25) is 9.59 Å². The maximum absolute atomic E-state index is 12.7. The third-order valence-corrected chi connectivity index (χ3v) is 4.80. The summed E-state index contributed by atoms with van der Waals surface area (Å²) in [5.74, 6) is 0.459. The fourth-order valence-electron chi connectivity index (χ4n) is 3.11. The van der Waals surface area contributed by atoms with Gasteiger partial charge in [-0.1, -0.05) is 23.7 Å². The predicted molar refractivity (Wildman–Crippen MR) is 102 cm³/mol. The van der Waals surface area contributed by atoms with E-state index in [1.807, 2.05) is 24.3 Å². The molecule has 0 saturated carbocycles. The van der Waals surface area contributed by atoms with Gasteiger partial charge < -0.3 is 14.6 Å². The van der Waals surface area contributed by atoms with Gasteiger partial charge in [0.2, 0.25) is 5.91 Å². The number of aromatic nitrogens is 1. The number of nitrogens with zero attached hydrogens (tertiary/aromatic N) is 2. The first-order chi connectivity index (χ1) is 13.1. The summed E-state index contributed by atoms with van der Waals surface area (Å²) in [4.78, 5) is 30.4. The molecule has 2 aromatic carbocycles. The van der Waals surface area contributed by atoms with E-state index in [4.69, 9.17) is 16.0 Å². The lowest BCUT2D eigenvalue weighted by Crippen LogP contribution is -2.34. The first kappa shape index (κ1) is 17.5. The topological polar surface area (TPSA) is 75.4 Å². The molecule has 0 aliphatic carbocycles. The van der Waals surface area contributed by atoms with Crippen LogP contribution in [0.3, 0.4) is 0 Å². The molecule has 2 heterocycles. The highest BCUT2D eigenvalue weighted by Gasteiger charge is 2.20. The van der Waals surface area contributed by atoms with Crippen LogP contribution >= 0.6 is 11.6 Å². The van der Waals surface area contributed by atoms with Gasteiger partial charge in [-0.15, -0.1) is 0 Å². The molecule has 0 bridgehead atoms. The Kier molecular flexibility index (Phi) is 4.81. The molecule has 6 nitrogen and oxygen atoms in total. The molecule has 0 unspecified atom stereocenters. The van der Waals surface area contributed by atoms with E-state index in [0.29, 0.717) is 60.1 Å². The summed E-state index contributed by atoms with van der Waals surface area (Å²) in [6.45, 7) is 1.40. The molecular weight excluding hydrogens is 366 g/mol. The van der Waals surface area contributed by atoms with Crippen LogP contribution in [0.2, 0.25) is 5.02 Å². The number of oxazole rings is 1. The SMILES string of the molecule is O=C1CCN(C(=O)c2ccc3oc(Cc4ccc(Cl)cc4)nc3c2)CCN1. The minimum Gasteiger partial charge on any atom is -0.440 e. The highest BCUT2D eigenvalue weighted by atomic mass is 35.5. The number of amides is 2. The summed E-state index contributed by atoms with van der Waals surface area (Å²) < 4.78 is 5.79. The lowest BCUT2D eigenvalue weighted by molar-refractivity contribution is -0.120. The predicted octanol–water partition coefficient (Wildman–Crippen LogP) is 3.03. The third-order valence-electron chi connectivity index (χ3n) is 4.55. The first-order valence-corrected chi connectivity index (χ1v) is 9.16. The molecule has 0 spiro atoms. The number of hydrogen-bond acceptors (Lipinski definition) is 4. The summed E-state index contributed by atoms with van der Waals surface area (Å²) in [6.07, 6.45) is 0.873. The van der Waals surface area contributed by atoms with E-state index in [0.717, 1.165) is 5.56 Å². The molecule has 7 heteroatoms. The van der Waals surface area contributed by atoms with Gasteiger partial charge in [-0.05, 0) is 35.9 Å². The Hall–Kier alpha value is -2.86. The van der Waals surface area contributed by atoms with Gasteiger partial charge in [0.05, 0.1) is 0 Å². The van der Waals surface area contributed by atoms with E-state index < -0.39 is 0 Å². The minimum atomic E-state index is -0.101. The number of halogens is 1. The van der Waals surface area contributed by atoms with Crippen LogP contribution in [-0.4, -0.2) is 41.3 Å². The van der Waals surface area contributed by atoms with Crippen molar-refractivity contribution in [2.45, 2.75) is 12.8 Å². The van der Waals surface area contributed by atoms with E-state index in [2.05, 4.69) is 10.3 Å². The van der Waals surface area contributed by atoms with E-state index in [1.165, 1.54) is 0 Å². The smallest absolute Gasteiger partial charge is 0.254 e. The Morgan fingerprint density at radius 3 is 2.81 bits per heavy atom. The first-order valence-electron chi connectivity index (χ1n) is 8.78. The van der Waals surface area contributed by atoms with Crippen molar-refractivity contribution in [1.82, 2.24) is 15.2 Å². The average molecular weight is 384 g/mol. The van der Waals surface area contributed by atoms with Crippen molar-refractivity contribution >= 4 is 34.5 Å². The number of benzene rings is 2. The lowest BCUT2D eigenvalue weighted by Gasteiger charge is -2.19. The molecule has 1 fully saturated rings. The van der Waals surface area contributed by atoms with Crippen molar-refractivity contribution < 1.29 is 14.0 Å². The number of carbonyl (C=O) groups excluding carboxylic acids is 2. The maximum Gasteiger partial charge on any atom is 0.254 e. The van der Waals surface area contributed by atoms with E-state index in [-0.39, 0.29) is 11.8 Å². The monoisotopic (exact) mass is 383 g/mol. The Morgan fingerprint density at radius 2 is 2.00 bits per heavy atom. The molecular formula is C20H18ClN3O3. The summed E-state index contributed by atoms with van der Waals surface area (Å²) in [7, 11) is 0. The molecule has 3 aromatic rings. The maximum atomic E-state index is 12.7. The fraction of sp³-hybridized carbons (Fsp3) is 0.250. The van der Waals surface area contributed by atoms with Crippen LogP contribution in [0.5, 0.6) is 0 Å². The van der Waals surface area contributed by atoms with Gasteiger partial charge in [0.25, 0.3) is 5.91 Å². The van der Waals surface area contributed by atoms with Crippen molar-refractivity contribution in [1.29, 1.82) is 0 Å². The molecule has 2 amide bonds. The third kappa shape index (κ3) is 3.95. The van der Waals surface area contributed by atoms with E-state index in [9.17, 15) is 9.59 Å². The number of nitrogens with one attached hydrogen (secondary N) is 1. The Balaban J connectivity index is 1.54. The van der Waals surface area contributed by atoms with Crippen LogP contribution in [0.15, 0.2) is 46.9 Å². The summed E-state index contributed by atoms with van der Waals surface area (Å²) in [5, 5.41) is 3.46. The van der Waals surface area contributed by atoms with Crippen molar-refractivity contribution in [2.75, 3.05) is 19.6 Å². The number of carbonyl (C=O) groups is 2. The van der Waals surface area contributed by atoms with Gasteiger partial charge >= 0.3 is 0 Å². The van der Waals surface area contributed by atoms with Crippen LogP contribution in [0, 0.1) is 0 Å². The normalized spacial score (nSPS) is 14.9. The number of rotatable bonds is 3. The Morgan fingerprint density at radius 1 is 1.19 bits per heavy atom. The molecule has 0 radical (unpaired) electrons. The second kappa shape index (κ2) is 7.40. The minimum absolute atomic E-state index is 0.0240. The van der Waals surface area contributed by atoms with Crippen molar-refractivity contribution in [3.63, 3.8) is 0 Å². The Bertz CT molecular complexity index is 997. The second-order valence-electron chi connectivity index (χ2n) is 6.49. The summed E-state index contributed by atoms with van der Waals surface area (Å²) in [6, 6.07) is 12.8. The van der Waals surface area contributed by atoms with Crippen LogP contribution in [0.25, 0.3) is 11.1 Å². The molecule has 1 aliphatic heterocycles. The van der Waals surface area contributed by atoms with Gasteiger partial charge in [-0.25, -0.2) is 4.98 Å². The highest BCUT2D eigenvalue weighted by Crippen LogP contribution is 2.21. The van der Waals surface area contributed by atoms with E-state index in [1.54, 1.807) is 23.1 Å². The van der Waals surface area contributed by atoms with E-state index >= 15 is 0 Å². The standard InChI is InChI=1S/C20H18ClN3O3/c21-15-4-1-13(2-5-15)11-19-23-16-12-14(3-6-17(16)27-19)20(26)24-9-7-18(25)22-8-10-24/h1-6,12H,7-11H2,(H,22,25). The van der Waals surface area contributed by atoms with Crippen molar-refractivity contribution in [3.05, 3.63) is 64.5 Å². The second-order valence-corrected chi connectivity index (χ2v) is 6.92. The zero-order chi connectivity index (χ0) is 18.8. The number of fused-ring (bicyclic) bond motifs is 1. The molecule has 27 heavy (non-hydrogen) atoms. The van der Waals surface area contributed by atoms with Crippen LogP contribution in [-0.2, 0) is 11.2 Å². The van der Waals surface area contributed by atoms with Gasteiger partial charge in [0.1, 0.15) is 5.52 Å². The lowest BCUT2D eigenvalue weighted by atomic mass is 10.1. The summed E-state index contributed by atoms with van der Waals surface area (Å²) in [5.41, 5.74) is 2.88. The molecule has 1 N–H and O–H groups in total. The zero-order valence-electron chi connectivity index (χ0n) is 14.6. The van der Waals surface area contributed by atoms with Gasteiger partial charge in [0.15, 0.2) is 11.5 Å². The van der Waals surface area contributed by atoms with Crippen LogP contribution in [0.4, 0.5) is 0 Å². The van der Waals surface area contributed by atoms with Gasteiger partial charge in [0, 0.05) is 43.1 Å². The van der Waals surface area contributed by atoms with Crippen LogP contribution in [0.1, 0.15) is 28.2 Å². The molecule has 4 rings (SSSR count). The van der Waals surface area contributed by atoms with Crippen molar-refractivity contribution in [2.24, 2.45) is 0 Å². The number of hydrogen-bond donors (Lipinski definition) is 1. The Labute approximate surface area is 161 Å². The quantitative estimate of drug-likeness (QED) is 0.754. The summed E-state index contributed by atoms with van der Waals surface area (Å²) >= 11 is 5.91. The average Bonchev–Trinajstić information content (AvgIpc) is 2.94. The fourth-order valence-corrected chi connectivity index (χ4v) is 3.24. The molecule has 138 valence electrons. The largest absolute Gasteiger partial charge is 0.440 e. The van der Waals surface area contributed by atoms with Gasteiger partial charge in [-0.2, -0.15) is 0 Å². The van der Waals surface area contributed by atoms with Crippen LogP contribution < -0.4 is 5.32 Å². The molecule has 1 aromatic heterocycles. The molecule has 0 atom stereocenters. The molecule has 1 saturated heterocycles. The molecule has 1 aliphatic rings. The zero-order valence-corrected chi connectivity index (χ0v) is 15.3. The van der Waals surface area contributed by atoms with Crippen molar-refractivity contribution in [3.8, 4) is 0 Å².